The lowest BCUT2D eigenvalue weighted by molar-refractivity contribution is 0.0689. The Balaban J connectivity index is 1.58. The third-order valence-electron chi connectivity index (χ3n) is 5.46. The molecule has 1 fully saturated rings. The van der Waals surface area contributed by atoms with E-state index >= 15 is 0 Å². The van der Waals surface area contributed by atoms with Crippen molar-refractivity contribution in [2.75, 3.05) is 20.2 Å². The molecule has 4 heterocycles. The average molecular weight is 426 g/mol. The fraction of sp³-hybridized carbons (Fsp3) is 0.333. The van der Waals surface area contributed by atoms with E-state index in [1.165, 1.54) is 15.9 Å². The number of aromatic nitrogens is 3. The number of likely N-dealkylation sites (tertiary alicyclic amines) is 1. The van der Waals surface area contributed by atoms with Gasteiger partial charge in [-0.15, -0.1) is 5.10 Å². The largest absolute Gasteiger partial charge is 0.497 e. The van der Waals surface area contributed by atoms with Crippen LogP contribution in [0.5, 0.6) is 11.6 Å². The lowest BCUT2D eigenvalue weighted by Gasteiger charge is -2.36. The Labute approximate surface area is 177 Å². The number of nitrogens with zero attached hydrogens (tertiary/aromatic N) is 4. The Morgan fingerprint density at radius 1 is 1.23 bits per heavy atom. The average Bonchev–Trinajstić information content (AvgIpc) is 3.49. The third-order valence-corrected chi connectivity index (χ3v) is 6.54. The first-order valence-electron chi connectivity index (χ1n) is 9.82. The molecule has 1 aromatic carbocycles. The zero-order valence-electron chi connectivity index (χ0n) is 16.4. The van der Waals surface area contributed by atoms with Gasteiger partial charge >= 0.3 is 0 Å². The number of piperidine rings is 1. The van der Waals surface area contributed by atoms with Crippen LogP contribution in [0.2, 0.25) is 0 Å². The molecule has 3 aromatic heterocycles. The molecular formula is C21H22N4O4S. The SMILES string of the molecule is COc1cccc([C@H](c2sc3nc(-c4ccco4)nn3c2O)N2CCC(O)CC2)c1. The number of methoxy groups -OCH3 is 1. The maximum Gasteiger partial charge on any atom is 0.230 e. The maximum atomic E-state index is 11.1. The van der Waals surface area contributed by atoms with Gasteiger partial charge in [-0.05, 0) is 42.7 Å². The molecule has 30 heavy (non-hydrogen) atoms. The quantitative estimate of drug-likeness (QED) is 0.505. The molecule has 0 bridgehead atoms. The van der Waals surface area contributed by atoms with Crippen LogP contribution in [0.25, 0.3) is 16.5 Å². The maximum absolute atomic E-state index is 11.1. The molecule has 0 aliphatic carbocycles. The van der Waals surface area contributed by atoms with E-state index in [1.807, 2.05) is 24.3 Å². The lowest BCUT2D eigenvalue weighted by atomic mass is 9.99. The van der Waals surface area contributed by atoms with Gasteiger partial charge in [-0.3, -0.25) is 4.90 Å². The Morgan fingerprint density at radius 3 is 2.77 bits per heavy atom. The molecule has 4 aromatic rings. The Bertz CT molecular complexity index is 1150. The van der Waals surface area contributed by atoms with Gasteiger partial charge < -0.3 is 19.4 Å². The molecule has 5 rings (SSSR count). The van der Waals surface area contributed by atoms with Crippen molar-refractivity contribution < 1.29 is 19.4 Å². The summed E-state index contributed by atoms with van der Waals surface area (Å²) in [5.41, 5.74) is 1.01. The summed E-state index contributed by atoms with van der Waals surface area (Å²) in [6.07, 6.45) is 2.69. The third kappa shape index (κ3) is 3.34. The molecule has 8 nitrogen and oxygen atoms in total. The van der Waals surface area contributed by atoms with Crippen molar-refractivity contribution >= 4 is 16.3 Å². The van der Waals surface area contributed by atoms with Gasteiger partial charge in [0.2, 0.25) is 16.7 Å². The molecular weight excluding hydrogens is 404 g/mol. The summed E-state index contributed by atoms with van der Waals surface area (Å²) >= 11 is 1.41. The molecule has 0 radical (unpaired) electrons. The Kier molecular flexibility index (Phi) is 4.93. The van der Waals surface area contributed by atoms with Crippen molar-refractivity contribution in [3.8, 4) is 23.2 Å². The number of hydrogen-bond acceptors (Lipinski definition) is 8. The van der Waals surface area contributed by atoms with Crippen molar-refractivity contribution in [1.29, 1.82) is 0 Å². The van der Waals surface area contributed by atoms with Crippen LogP contribution >= 0.6 is 11.3 Å². The highest BCUT2D eigenvalue weighted by Gasteiger charge is 2.32. The van der Waals surface area contributed by atoms with Crippen LogP contribution in [0.1, 0.15) is 29.3 Å². The van der Waals surface area contributed by atoms with Crippen molar-refractivity contribution in [2.24, 2.45) is 0 Å². The number of hydrogen-bond donors (Lipinski definition) is 2. The number of aliphatic hydroxyl groups excluding tert-OH is 1. The Hall–Kier alpha value is -2.88. The van der Waals surface area contributed by atoms with Crippen LogP contribution in [0, 0.1) is 0 Å². The number of aromatic hydroxyl groups is 1. The molecule has 1 aliphatic heterocycles. The van der Waals surface area contributed by atoms with E-state index < -0.39 is 0 Å². The number of ether oxygens (including phenoxy) is 1. The van der Waals surface area contributed by atoms with Gasteiger partial charge in [0.15, 0.2) is 5.76 Å². The number of furan rings is 1. The van der Waals surface area contributed by atoms with E-state index in [1.54, 1.807) is 25.5 Å². The molecule has 156 valence electrons. The number of aliphatic hydroxyl groups is 1. The van der Waals surface area contributed by atoms with E-state index in [0.29, 0.717) is 29.4 Å². The van der Waals surface area contributed by atoms with Gasteiger partial charge in [0, 0.05) is 13.1 Å². The van der Waals surface area contributed by atoms with E-state index in [-0.39, 0.29) is 18.0 Å². The van der Waals surface area contributed by atoms with Crippen LogP contribution in [-0.2, 0) is 0 Å². The highest BCUT2D eigenvalue weighted by molar-refractivity contribution is 7.17. The van der Waals surface area contributed by atoms with Crippen LogP contribution in [0.15, 0.2) is 47.1 Å². The number of rotatable bonds is 5. The molecule has 9 heteroatoms. The van der Waals surface area contributed by atoms with Crippen molar-refractivity contribution in [2.45, 2.75) is 25.0 Å². The van der Waals surface area contributed by atoms with E-state index in [2.05, 4.69) is 15.0 Å². The van der Waals surface area contributed by atoms with Gasteiger partial charge in [-0.1, -0.05) is 23.5 Å². The summed E-state index contributed by atoms with van der Waals surface area (Å²) in [4.78, 5) is 8.18. The van der Waals surface area contributed by atoms with Gasteiger partial charge in [-0.25, -0.2) is 0 Å². The topological polar surface area (TPSA) is 96.3 Å². The minimum atomic E-state index is -0.279. The molecule has 0 unspecified atom stereocenters. The zero-order chi connectivity index (χ0) is 20.7. The minimum absolute atomic E-state index is 0.0687. The minimum Gasteiger partial charge on any atom is -0.497 e. The van der Waals surface area contributed by atoms with Crippen LogP contribution in [-0.4, -0.2) is 56.0 Å². The van der Waals surface area contributed by atoms with Crippen LogP contribution < -0.4 is 4.74 Å². The van der Waals surface area contributed by atoms with Crippen molar-refractivity contribution in [3.63, 3.8) is 0 Å². The first-order chi connectivity index (χ1) is 14.6. The highest BCUT2D eigenvalue weighted by Crippen LogP contribution is 2.42. The molecule has 0 saturated carbocycles. The monoisotopic (exact) mass is 426 g/mol. The Morgan fingerprint density at radius 2 is 2.07 bits per heavy atom. The summed E-state index contributed by atoms with van der Waals surface area (Å²) in [5, 5.41) is 25.5. The van der Waals surface area contributed by atoms with Crippen molar-refractivity contribution in [1.82, 2.24) is 19.5 Å². The normalized spacial score (nSPS) is 16.9. The fourth-order valence-electron chi connectivity index (χ4n) is 3.92. The highest BCUT2D eigenvalue weighted by atomic mass is 32.1. The van der Waals surface area contributed by atoms with Gasteiger partial charge in [0.25, 0.3) is 0 Å². The first-order valence-corrected chi connectivity index (χ1v) is 10.6. The van der Waals surface area contributed by atoms with Crippen LogP contribution in [0.4, 0.5) is 0 Å². The molecule has 1 atom stereocenters. The zero-order valence-corrected chi connectivity index (χ0v) is 17.2. The molecule has 0 amide bonds. The second-order valence-corrected chi connectivity index (χ2v) is 8.35. The number of fused-ring (bicyclic) bond motifs is 1. The predicted octanol–water partition coefficient (Wildman–Crippen LogP) is 3.31. The number of benzene rings is 1. The summed E-state index contributed by atoms with van der Waals surface area (Å²) < 4.78 is 12.3. The smallest absolute Gasteiger partial charge is 0.230 e. The summed E-state index contributed by atoms with van der Waals surface area (Å²) in [6, 6.07) is 11.2. The van der Waals surface area contributed by atoms with E-state index in [4.69, 9.17) is 9.15 Å². The molecule has 2 N–H and O–H groups in total. The summed E-state index contributed by atoms with van der Waals surface area (Å²) in [7, 11) is 1.64. The summed E-state index contributed by atoms with van der Waals surface area (Å²) in [5.74, 6) is 1.82. The standard InChI is InChI=1S/C21H22N4O4S/c1-28-15-5-2-4-13(12-15)17(24-9-7-14(26)8-10-24)18-20(27)25-21(30-18)22-19(23-25)16-6-3-11-29-16/h2-6,11-12,14,17,26-27H,7-10H2,1H3/t17-/m1/s1. The summed E-state index contributed by atoms with van der Waals surface area (Å²) in [6.45, 7) is 1.46. The molecule has 1 aliphatic rings. The fourth-order valence-corrected chi connectivity index (χ4v) is 5.04. The van der Waals surface area contributed by atoms with Crippen LogP contribution in [0.3, 0.4) is 0 Å². The second kappa shape index (κ2) is 7.75. The van der Waals surface area contributed by atoms with Gasteiger partial charge in [0.1, 0.15) is 5.75 Å². The molecule has 0 spiro atoms. The molecule has 1 saturated heterocycles. The van der Waals surface area contributed by atoms with Gasteiger partial charge in [-0.2, -0.15) is 9.50 Å². The number of thiazole rings is 1. The first kappa shape index (κ1) is 19.1. The lowest BCUT2D eigenvalue weighted by Crippen LogP contribution is -2.38. The predicted molar refractivity (Wildman–Crippen MR) is 112 cm³/mol. The second-order valence-electron chi connectivity index (χ2n) is 7.34. The van der Waals surface area contributed by atoms with E-state index in [0.717, 1.165) is 29.3 Å². The van der Waals surface area contributed by atoms with Crippen molar-refractivity contribution in [3.05, 3.63) is 53.1 Å². The van der Waals surface area contributed by atoms with Gasteiger partial charge in [0.05, 0.1) is 30.4 Å². The van der Waals surface area contributed by atoms with E-state index in [9.17, 15) is 10.2 Å².